The summed E-state index contributed by atoms with van der Waals surface area (Å²) in [4.78, 5) is 4.24. The number of piperidine rings is 1. The van der Waals surface area contributed by atoms with Crippen molar-refractivity contribution in [1.82, 2.24) is 14.9 Å². The van der Waals surface area contributed by atoms with Crippen LogP contribution in [0.4, 0.5) is 0 Å². The predicted octanol–water partition coefficient (Wildman–Crippen LogP) is 2.05. The summed E-state index contributed by atoms with van der Waals surface area (Å²) in [6, 6.07) is 9.71. The van der Waals surface area contributed by atoms with Gasteiger partial charge in [-0.2, -0.15) is 5.26 Å². The fourth-order valence-corrected chi connectivity index (χ4v) is 4.48. The molecule has 1 aliphatic heterocycles. The number of halogens is 1. The lowest BCUT2D eigenvalue weighted by Gasteiger charge is -2.32. The topological polar surface area (TPSA) is 97.6 Å². The molecule has 0 radical (unpaired) electrons. The van der Waals surface area contributed by atoms with E-state index in [9.17, 15) is 8.42 Å². The smallest absolute Gasteiger partial charge is 0.214 e. The first kappa shape index (κ1) is 23.7. The first-order chi connectivity index (χ1) is 12.5. The van der Waals surface area contributed by atoms with E-state index in [-0.39, 0.29) is 35.8 Å². The highest BCUT2D eigenvalue weighted by Gasteiger charge is 2.27. The van der Waals surface area contributed by atoms with Crippen LogP contribution in [0, 0.1) is 11.3 Å². The highest BCUT2D eigenvalue weighted by Crippen LogP contribution is 2.15. The van der Waals surface area contributed by atoms with Crippen molar-refractivity contribution >= 4 is 40.0 Å². The lowest BCUT2D eigenvalue weighted by atomic mass is 10.1. The van der Waals surface area contributed by atoms with Gasteiger partial charge in [-0.15, -0.1) is 24.0 Å². The number of guanidine groups is 1. The maximum absolute atomic E-state index is 12.1. The van der Waals surface area contributed by atoms with Gasteiger partial charge in [-0.05, 0) is 37.0 Å². The second-order valence-corrected chi connectivity index (χ2v) is 8.46. The molecule has 2 N–H and O–H groups in total. The molecule has 0 unspecified atom stereocenters. The highest BCUT2D eigenvalue weighted by atomic mass is 127. The van der Waals surface area contributed by atoms with Crippen molar-refractivity contribution < 1.29 is 8.42 Å². The predicted molar refractivity (Wildman–Crippen MR) is 119 cm³/mol. The minimum atomic E-state index is -3.11. The van der Waals surface area contributed by atoms with Crippen LogP contribution in [0.1, 0.15) is 37.3 Å². The number of aliphatic imine (C=N–C) groups is 1. The zero-order chi connectivity index (χ0) is 19.0. The number of hydrogen-bond acceptors (Lipinski definition) is 4. The minimum absolute atomic E-state index is 0. The van der Waals surface area contributed by atoms with Crippen LogP contribution >= 0.6 is 24.0 Å². The van der Waals surface area contributed by atoms with E-state index in [2.05, 4.69) is 21.7 Å². The second kappa shape index (κ2) is 11.5. The van der Waals surface area contributed by atoms with Gasteiger partial charge in [-0.25, -0.2) is 12.7 Å². The Labute approximate surface area is 179 Å². The number of benzene rings is 1. The monoisotopic (exact) mass is 505 g/mol. The molecule has 0 atom stereocenters. The standard InChI is InChI=1S/C18H27N5O2S.HI/c1-3-12-26(24,25)23-10-8-17(9-11-23)22-18(20-2)21-14-16-6-4-15(13-19)5-7-16;/h4-7,17H,3,8-12,14H2,1-2H3,(H2,20,21,22);1H. The van der Waals surface area contributed by atoms with Crippen LogP contribution in [0.25, 0.3) is 0 Å². The summed E-state index contributed by atoms with van der Waals surface area (Å²) in [6.45, 7) is 3.59. The largest absolute Gasteiger partial charge is 0.354 e. The molecule has 27 heavy (non-hydrogen) atoms. The molecule has 0 aliphatic carbocycles. The average molecular weight is 505 g/mol. The molecule has 2 rings (SSSR count). The van der Waals surface area contributed by atoms with Crippen molar-refractivity contribution in [3.8, 4) is 6.07 Å². The third-order valence-corrected chi connectivity index (χ3v) is 6.49. The normalized spacial score (nSPS) is 16.3. The Morgan fingerprint density at radius 3 is 2.44 bits per heavy atom. The van der Waals surface area contributed by atoms with E-state index in [1.165, 1.54) is 0 Å². The summed E-state index contributed by atoms with van der Waals surface area (Å²) >= 11 is 0. The van der Waals surface area contributed by atoms with Gasteiger partial charge in [0.25, 0.3) is 0 Å². The number of nitrogens with one attached hydrogen (secondary N) is 2. The number of nitrogens with zero attached hydrogens (tertiary/aromatic N) is 3. The Bertz CT molecular complexity index is 751. The number of rotatable bonds is 6. The average Bonchev–Trinajstić information content (AvgIpc) is 2.66. The SMILES string of the molecule is CCCS(=O)(=O)N1CCC(NC(=NC)NCc2ccc(C#N)cc2)CC1.I. The number of nitriles is 1. The van der Waals surface area contributed by atoms with Crippen LogP contribution in [0.2, 0.25) is 0 Å². The van der Waals surface area contributed by atoms with E-state index < -0.39 is 10.0 Å². The summed E-state index contributed by atoms with van der Waals surface area (Å²) in [5.74, 6) is 0.919. The first-order valence-electron chi connectivity index (χ1n) is 8.92. The van der Waals surface area contributed by atoms with Crippen molar-refractivity contribution in [2.75, 3.05) is 25.9 Å². The Morgan fingerprint density at radius 1 is 1.30 bits per heavy atom. The van der Waals surface area contributed by atoms with Gasteiger partial charge in [-0.1, -0.05) is 19.1 Å². The number of sulfonamides is 1. The van der Waals surface area contributed by atoms with Gasteiger partial charge in [0.2, 0.25) is 10.0 Å². The van der Waals surface area contributed by atoms with Crippen LogP contribution in [0.3, 0.4) is 0 Å². The van der Waals surface area contributed by atoms with E-state index >= 15 is 0 Å². The van der Waals surface area contributed by atoms with Crippen molar-refractivity contribution in [2.24, 2.45) is 4.99 Å². The zero-order valence-electron chi connectivity index (χ0n) is 15.8. The lowest BCUT2D eigenvalue weighted by molar-refractivity contribution is 0.306. The third-order valence-electron chi connectivity index (χ3n) is 4.42. The van der Waals surface area contributed by atoms with Gasteiger partial charge in [0.1, 0.15) is 0 Å². The summed E-state index contributed by atoms with van der Waals surface area (Å²) < 4.78 is 25.8. The highest BCUT2D eigenvalue weighted by molar-refractivity contribution is 14.0. The van der Waals surface area contributed by atoms with E-state index in [1.54, 1.807) is 23.5 Å². The molecule has 1 aromatic carbocycles. The molecule has 1 saturated heterocycles. The minimum Gasteiger partial charge on any atom is -0.354 e. The first-order valence-corrected chi connectivity index (χ1v) is 10.5. The molecule has 150 valence electrons. The molecule has 1 heterocycles. The molecule has 1 fully saturated rings. The van der Waals surface area contributed by atoms with Crippen LogP contribution in [0.5, 0.6) is 0 Å². The molecule has 0 spiro atoms. The van der Waals surface area contributed by atoms with Crippen LogP contribution in [-0.4, -0.2) is 50.6 Å². The van der Waals surface area contributed by atoms with Crippen molar-refractivity contribution in [3.63, 3.8) is 0 Å². The fraction of sp³-hybridized carbons (Fsp3) is 0.556. The van der Waals surface area contributed by atoms with Crippen molar-refractivity contribution in [2.45, 2.75) is 38.8 Å². The molecule has 0 amide bonds. The Morgan fingerprint density at radius 2 is 1.93 bits per heavy atom. The molecule has 0 saturated carbocycles. The molecule has 1 aliphatic rings. The van der Waals surface area contributed by atoms with Crippen molar-refractivity contribution in [1.29, 1.82) is 5.26 Å². The molecule has 9 heteroatoms. The third kappa shape index (κ3) is 7.27. The summed E-state index contributed by atoms with van der Waals surface area (Å²) in [6.07, 6.45) is 2.17. The lowest BCUT2D eigenvalue weighted by Crippen LogP contribution is -2.49. The molecule has 0 aromatic heterocycles. The van der Waals surface area contributed by atoms with Crippen molar-refractivity contribution in [3.05, 3.63) is 35.4 Å². The van der Waals surface area contributed by atoms with Crippen LogP contribution in [0.15, 0.2) is 29.3 Å². The van der Waals surface area contributed by atoms with Gasteiger partial charge in [-0.3, -0.25) is 4.99 Å². The summed E-state index contributed by atoms with van der Waals surface area (Å²) in [7, 11) is -1.39. The van der Waals surface area contributed by atoms with Gasteiger partial charge < -0.3 is 10.6 Å². The Hall–Kier alpha value is -1.38. The molecular weight excluding hydrogens is 477 g/mol. The molecule has 1 aromatic rings. The van der Waals surface area contributed by atoms with E-state index in [1.807, 2.05) is 19.1 Å². The van der Waals surface area contributed by atoms with E-state index in [4.69, 9.17) is 5.26 Å². The molecule has 7 nitrogen and oxygen atoms in total. The van der Waals surface area contributed by atoms with Gasteiger partial charge in [0.15, 0.2) is 5.96 Å². The maximum Gasteiger partial charge on any atom is 0.214 e. The zero-order valence-corrected chi connectivity index (χ0v) is 19.0. The van der Waals surface area contributed by atoms with Gasteiger partial charge >= 0.3 is 0 Å². The quantitative estimate of drug-likeness (QED) is 0.351. The molecular formula is C18H28IN5O2S. The summed E-state index contributed by atoms with van der Waals surface area (Å²) in [5.41, 5.74) is 1.70. The van der Waals surface area contributed by atoms with E-state index in [0.29, 0.717) is 37.6 Å². The Kier molecular flexibility index (Phi) is 10.0. The van der Waals surface area contributed by atoms with Crippen LogP contribution < -0.4 is 10.6 Å². The maximum atomic E-state index is 12.1. The summed E-state index contributed by atoms with van der Waals surface area (Å²) in [5, 5.41) is 15.5. The Balaban J connectivity index is 0.00000364. The number of hydrogen-bond donors (Lipinski definition) is 2. The van der Waals surface area contributed by atoms with E-state index in [0.717, 1.165) is 18.4 Å². The van der Waals surface area contributed by atoms with Crippen LogP contribution in [-0.2, 0) is 16.6 Å². The van der Waals surface area contributed by atoms with Gasteiger partial charge in [0, 0.05) is 32.7 Å². The second-order valence-electron chi connectivity index (χ2n) is 6.37. The van der Waals surface area contributed by atoms with Gasteiger partial charge in [0.05, 0.1) is 17.4 Å². The molecule has 0 bridgehead atoms. The fourth-order valence-electron chi connectivity index (χ4n) is 2.94.